The Morgan fingerprint density at radius 1 is 0.929 bits per heavy atom. The first kappa shape index (κ1) is 9.91. The Hall–Kier alpha value is -2.17. The molecule has 0 atom stereocenters. The number of benzene rings is 1. The molecule has 5 heteroatoms. The zero-order chi connectivity index (χ0) is 10.4. The standard InChI is InChI=1S/C9H8N2O3/c12-4-7-1-2-8(10-5-13)9(3-7)11-6-14/h1-6H,(H,10,13)(H,11,14). The summed E-state index contributed by atoms with van der Waals surface area (Å²) >= 11 is 0. The second-order valence-corrected chi connectivity index (χ2v) is 2.45. The van der Waals surface area contributed by atoms with Gasteiger partial charge in [-0.1, -0.05) is 0 Å². The third-order valence-corrected chi connectivity index (χ3v) is 1.61. The number of aldehydes is 1. The molecule has 1 rings (SSSR count). The largest absolute Gasteiger partial charge is 0.327 e. The lowest BCUT2D eigenvalue weighted by Crippen LogP contribution is -2.02. The van der Waals surface area contributed by atoms with Crippen LogP contribution in [0.3, 0.4) is 0 Å². The van der Waals surface area contributed by atoms with Gasteiger partial charge in [-0.2, -0.15) is 0 Å². The summed E-state index contributed by atoms with van der Waals surface area (Å²) in [5.41, 5.74) is 1.25. The number of carbonyl (C=O) groups excluding carboxylic acids is 3. The first-order valence-electron chi connectivity index (χ1n) is 3.81. The van der Waals surface area contributed by atoms with Crippen molar-refractivity contribution in [3.8, 4) is 0 Å². The average Bonchev–Trinajstić information content (AvgIpc) is 2.21. The smallest absolute Gasteiger partial charge is 0.211 e. The zero-order valence-corrected chi connectivity index (χ0v) is 7.19. The third-order valence-electron chi connectivity index (χ3n) is 1.61. The molecule has 0 aliphatic carbocycles. The molecule has 0 aliphatic rings. The van der Waals surface area contributed by atoms with E-state index in [2.05, 4.69) is 10.6 Å². The van der Waals surface area contributed by atoms with Crippen molar-refractivity contribution in [2.24, 2.45) is 0 Å². The van der Waals surface area contributed by atoms with E-state index in [1.54, 1.807) is 0 Å². The van der Waals surface area contributed by atoms with Crippen molar-refractivity contribution in [1.29, 1.82) is 0 Å². The summed E-state index contributed by atoms with van der Waals surface area (Å²) in [7, 11) is 0. The number of rotatable bonds is 5. The lowest BCUT2D eigenvalue weighted by atomic mass is 10.2. The summed E-state index contributed by atoms with van der Waals surface area (Å²) < 4.78 is 0. The Balaban J connectivity index is 3.08. The minimum atomic E-state index is 0.386. The molecule has 0 aliphatic heterocycles. The highest BCUT2D eigenvalue weighted by Crippen LogP contribution is 2.21. The Bertz CT molecular complexity index is 363. The quantitative estimate of drug-likeness (QED) is 0.672. The maximum Gasteiger partial charge on any atom is 0.211 e. The van der Waals surface area contributed by atoms with Crippen LogP contribution in [-0.4, -0.2) is 19.1 Å². The molecule has 0 saturated heterocycles. The van der Waals surface area contributed by atoms with E-state index in [0.29, 0.717) is 36.0 Å². The van der Waals surface area contributed by atoms with Crippen LogP contribution in [0.1, 0.15) is 10.4 Å². The van der Waals surface area contributed by atoms with Crippen LogP contribution >= 0.6 is 0 Å². The van der Waals surface area contributed by atoms with Gasteiger partial charge in [0.15, 0.2) is 0 Å². The fourth-order valence-corrected chi connectivity index (χ4v) is 1.01. The third kappa shape index (κ3) is 2.16. The predicted octanol–water partition coefficient (Wildman–Crippen LogP) is 0.636. The molecule has 2 amide bonds. The monoisotopic (exact) mass is 192 g/mol. The summed E-state index contributed by atoms with van der Waals surface area (Å²) in [4.78, 5) is 30.8. The second kappa shape index (κ2) is 4.76. The summed E-state index contributed by atoms with van der Waals surface area (Å²) in [5, 5.41) is 4.77. The Kier molecular flexibility index (Phi) is 3.37. The van der Waals surface area contributed by atoms with E-state index in [1.807, 2.05) is 0 Å². The fraction of sp³-hybridized carbons (Fsp3) is 0. The number of carbonyl (C=O) groups is 3. The molecule has 2 N–H and O–H groups in total. The molecule has 0 bridgehead atoms. The van der Waals surface area contributed by atoms with Crippen molar-refractivity contribution in [2.45, 2.75) is 0 Å². The van der Waals surface area contributed by atoms with Gasteiger partial charge in [0, 0.05) is 5.56 Å². The average molecular weight is 192 g/mol. The van der Waals surface area contributed by atoms with Crippen molar-refractivity contribution in [3.63, 3.8) is 0 Å². The molecule has 0 fully saturated rings. The highest BCUT2D eigenvalue weighted by atomic mass is 16.1. The van der Waals surface area contributed by atoms with Gasteiger partial charge in [-0.05, 0) is 18.2 Å². The van der Waals surface area contributed by atoms with Gasteiger partial charge in [0.25, 0.3) is 0 Å². The topological polar surface area (TPSA) is 75.3 Å². The van der Waals surface area contributed by atoms with Crippen LogP contribution in [0.4, 0.5) is 11.4 Å². The van der Waals surface area contributed by atoms with Crippen LogP contribution in [-0.2, 0) is 9.59 Å². The second-order valence-electron chi connectivity index (χ2n) is 2.45. The molecule has 72 valence electrons. The first-order valence-corrected chi connectivity index (χ1v) is 3.81. The van der Waals surface area contributed by atoms with E-state index in [9.17, 15) is 14.4 Å². The number of hydrogen-bond donors (Lipinski definition) is 2. The number of anilines is 2. The van der Waals surface area contributed by atoms with Crippen LogP contribution < -0.4 is 10.6 Å². The molecular weight excluding hydrogens is 184 g/mol. The molecular formula is C9H8N2O3. The molecule has 0 unspecified atom stereocenters. The molecule has 0 aromatic heterocycles. The van der Waals surface area contributed by atoms with Gasteiger partial charge in [0.2, 0.25) is 12.8 Å². The Morgan fingerprint density at radius 2 is 1.57 bits per heavy atom. The lowest BCUT2D eigenvalue weighted by Gasteiger charge is -2.06. The summed E-state index contributed by atoms with van der Waals surface area (Å²) in [5.74, 6) is 0. The number of hydrogen-bond acceptors (Lipinski definition) is 3. The van der Waals surface area contributed by atoms with Crippen molar-refractivity contribution < 1.29 is 14.4 Å². The van der Waals surface area contributed by atoms with Gasteiger partial charge >= 0.3 is 0 Å². The normalized spacial score (nSPS) is 8.86. The van der Waals surface area contributed by atoms with E-state index in [1.165, 1.54) is 18.2 Å². The molecule has 1 aromatic carbocycles. The van der Waals surface area contributed by atoms with Gasteiger partial charge in [0.05, 0.1) is 11.4 Å². The van der Waals surface area contributed by atoms with E-state index in [-0.39, 0.29) is 0 Å². The SMILES string of the molecule is O=CNc1ccc(C=O)cc1NC=O. The molecule has 0 radical (unpaired) electrons. The molecule has 14 heavy (non-hydrogen) atoms. The minimum Gasteiger partial charge on any atom is -0.327 e. The van der Waals surface area contributed by atoms with Crippen LogP contribution in [0.15, 0.2) is 18.2 Å². The number of amides is 2. The van der Waals surface area contributed by atoms with Crippen molar-refractivity contribution in [3.05, 3.63) is 23.8 Å². The minimum absolute atomic E-state index is 0.386. The first-order chi connectivity index (χ1) is 6.81. The molecule has 5 nitrogen and oxygen atoms in total. The summed E-state index contributed by atoms with van der Waals surface area (Å²) in [6.07, 6.45) is 1.62. The van der Waals surface area contributed by atoms with E-state index >= 15 is 0 Å². The fourth-order valence-electron chi connectivity index (χ4n) is 1.01. The molecule has 0 heterocycles. The maximum atomic E-state index is 10.4. The van der Waals surface area contributed by atoms with E-state index < -0.39 is 0 Å². The number of nitrogens with one attached hydrogen (secondary N) is 2. The van der Waals surface area contributed by atoms with Gasteiger partial charge in [-0.15, -0.1) is 0 Å². The van der Waals surface area contributed by atoms with E-state index in [4.69, 9.17) is 0 Å². The van der Waals surface area contributed by atoms with Crippen LogP contribution in [0.2, 0.25) is 0 Å². The van der Waals surface area contributed by atoms with E-state index in [0.717, 1.165) is 0 Å². The van der Waals surface area contributed by atoms with Crippen molar-refractivity contribution in [1.82, 2.24) is 0 Å². The predicted molar refractivity (Wildman–Crippen MR) is 51.2 cm³/mol. The van der Waals surface area contributed by atoms with Gasteiger partial charge in [-0.25, -0.2) is 0 Å². The van der Waals surface area contributed by atoms with Crippen LogP contribution in [0.25, 0.3) is 0 Å². The van der Waals surface area contributed by atoms with Gasteiger partial charge in [-0.3, -0.25) is 14.4 Å². The Labute approximate surface area is 80.1 Å². The lowest BCUT2D eigenvalue weighted by molar-refractivity contribution is -0.106. The van der Waals surface area contributed by atoms with Gasteiger partial charge < -0.3 is 10.6 Å². The van der Waals surface area contributed by atoms with Crippen LogP contribution in [0.5, 0.6) is 0 Å². The molecule has 1 aromatic rings. The van der Waals surface area contributed by atoms with Crippen LogP contribution in [0, 0.1) is 0 Å². The maximum absolute atomic E-state index is 10.4. The highest BCUT2D eigenvalue weighted by molar-refractivity contribution is 5.90. The van der Waals surface area contributed by atoms with Crippen molar-refractivity contribution in [2.75, 3.05) is 10.6 Å². The summed E-state index contributed by atoms with van der Waals surface area (Å²) in [6.45, 7) is 0. The van der Waals surface area contributed by atoms with Gasteiger partial charge in [0.1, 0.15) is 6.29 Å². The molecule has 0 saturated carbocycles. The highest BCUT2D eigenvalue weighted by Gasteiger charge is 2.01. The summed E-state index contributed by atoms with van der Waals surface area (Å²) in [6, 6.07) is 4.53. The molecule has 0 spiro atoms. The van der Waals surface area contributed by atoms with Crippen molar-refractivity contribution >= 4 is 30.5 Å². The zero-order valence-electron chi connectivity index (χ0n) is 7.19. The Morgan fingerprint density at radius 3 is 2.14 bits per heavy atom.